The van der Waals surface area contributed by atoms with Crippen LogP contribution in [0.25, 0.3) is 0 Å². The quantitative estimate of drug-likeness (QED) is 0.575. The molecule has 0 radical (unpaired) electrons. The van der Waals surface area contributed by atoms with Crippen molar-refractivity contribution in [2.75, 3.05) is 25.4 Å². The SMILES string of the molecule is CC(CNC[C@H]1CCC(=O)N1CCSc1nc(C(=O)O)cs1)c1ccccc1. The van der Waals surface area contributed by atoms with Crippen LogP contribution in [-0.2, 0) is 4.79 Å². The van der Waals surface area contributed by atoms with E-state index in [-0.39, 0.29) is 17.6 Å². The maximum absolute atomic E-state index is 12.2. The monoisotopic (exact) mass is 419 g/mol. The molecule has 3 rings (SSSR count). The number of carbonyl (C=O) groups is 2. The van der Waals surface area contributed by atoms with E-state index in [0.717, 1.165) is 29.6 Å². The molecule has 1 aliphatic heterocycles. The summed E-state index contributed by atoms with van der Waals surface area (Å²) in [7, 11) is 0. The molecule has 1 aliphatic rings. The number of hydrogen-bond donors (Lipinski definition) is 2. The molecule has 0 spiro atoms. The van der Waals surface area contributed by atoms with E-state index < -0.39 is 5.97 Å². The molecule has 2 heterocycles. The van der Waals surface area contributed by atoms with Gasteiger partial charge >= 0.3 is 5.97 Å². The van der Waals surface area contributed by atoms with E-state index in [2.05, 4.69) is 41.5 Å². The van der Waals surface area contributed by atoms with Crippen LogP contribution < -0.4 is 5.32 Å². The van der Waals surface area contributed by atoms with Crippen molar-refractivity contribution in [3.05, 3.63) is 47.0 Å². The number of hydrogen-bond acceptors (Lipinski definition) is 6. The number of benzene rings is 1. The second-order valence-electron chi connectivity index (χ2n) is 6.90. The molecule has 1 amide bonds. The topological polar surface area (TPSA) is 82.5 Å². The minimum atomic E-state index is -1.01. The molecule has 28 heavy (non-hydrogen) atoms. The zero-order chi connectivity index (χ0) is 19.9. The van der Waals surface area contributed by atoms with Gasteiger partial charge in [0.05, 0.1) is 0 Å². The zero-order valence-corrected chi connectivity index (χ0v) is 17.5. The summed E-state index contributed by atoms with van der Waals surface area (Å²) in [5.74, 6) is 0.341. The number of amides is 1. The summed E-state index contributed by atoms with van der Waals surface area (Å²) in [6.45, 7) is 4.55. The van der Waals surface area contributed by atoms with Crippen molar-refractivity contribution < 1.29 is 14.7 Å². The fourth-order valence-corrected chi connectivity index (χ4v) is 5.14. The molecule has 150 valence electrons. The Labute approximate surface area is 173 Å². The molecule has 1 aromatic carbocycles. The third-order valence-electron chi connectivity index (χ3n) is 4.91. The van der Waals surface area contributed by atoms with Crippen LogP contribution >= 0.6 is 23.1 Å². The average molecular weight is 420 g/mol. The van der Waals surface area contributed by atoms with Crippen LogP contribution in [0.4, 0.5) is 0 Å². The minimum absolute atomic E-state index is 0.0827. The number of aromatic carboxylic acids is 1. The summed E-state index contributed by atoms with van der Waals surface area (Å²) in [5.41, 5.74) is 1.40. The summed E-state index contributed by atoms with van der Waals surface area (Å²) in [6, 6.07) is 10.7. The molecule has 1 aromatic heterocycles. The van der Waals surface area contributed by atoms with E-state index in [4.69, 9.17) is 5.11 Å². The lowest BCUT2D eigenvalue weighted by atomic mass is 10.0. The van der Waals surface area contributed by atoms with Crippen LogP contribution in [0.15, 0.2) is 40.1 Å². The number of nitrogens with zero attached hydrogens (tertiary/aromatic N) is 2. The fraction of sp³-hybridized carbons (Fsp3) is 0.450. The molecule has 2 atom stereocenters. The highest BCUT2D eigenvalue weighted by Crippen LogP contribution is 2.25. The number of carboxylic acids is 1. The molecule has 1 unspecified atom stereocenters. The predicted octanol–water partition coefficient (Wildman–Crippen LogP) is 3.32. The van der Waals surface area contributed by atoms with Crippen molar-refractivity contribution in [3.63, 3.8) is 0 Å². The standard InChI is InChI=1S/C20H25N3O3S2/c1-14(15-5-3-2-4-6-15)11-21-12-16-7-8-18(24)23(16)9-10-27-20-22-17(13-28-20)19(25)26/h2-6,13-14,16,21H,7-12H2,1H3,(H,25,26)/t14?,16-/m1/s1. The van der Waals surface area contributed by atoms with Crippen LogP contribution in [0.5, 0.6) is 0 Å². The van der Waals surface area contributed by atoms with Gasteiger partial charge in [-0.3, -0.25) is 4.79 Å². The van der Waals surface area contributed by atoms with Crippen molar-refractivity contribution in [1.82, 2.24) is 15.2 Å². The first-order valence-electron chi connectivity index (χ1n) is 9.41. The van der Waals surface area contributed by atoms with E-state index in [1.807, 2.05) is 11.0 Å². The molecular weight excluding hydrogens is 394 g/mol. The van der Waals surface area contributed by atoms with Gasteiger partial charge in [-0.2, -0.15) is 0 Å². The van der Waals surface area contributed by atoms with Gasteiger partial charge < -0.3 is 15.3 Å². The van der Waals surface area contributed by atoms with Gasteiger partial charge in [0.15, 0.2) is 10.0 Å². The molecule has 8 heteroatoms. The maximum atomic E-state index is 12.2. The molecule has 6 nitrogen and oxygen atoms in total. The molecule has 2 N–H and O–H groups in total. The molecule has 1 fully saturated rings. The van der Waals surface area contributed by atoms with Gasteiger partial charge in [-0.15, -0.1) is 11.3 Å². The number of aromatic nitrogens is 1. The number of carbonyl (C=O) groups excluding carboxylic acids is 1. The Balaban J connectivity index is 1.43. The minimum Gasteiger partial charge on any atom is -0.476 e. The van der Waals surface area contributed by atoms with Gasteiger partial charge in [-0.1, -0.05) is 49.0 Å². The molecule has 2 aromatic rings. The lowest BCUT2D eigenvalue weighted by Crippen LogP contribution is -2.41. The van der Waals surface area contributed by atoms with E-state index in [9.17, 15) is 9.59 Å². The normalized spacial score (nSPS) is 17.8. The van der Waals surface area contributed by atoms with Crippen molar-refractivity contribution in [2.45, 2.75) is 36.1 Å². The summed E-state index contributed by atoms with van der Waals surface area (Å²) in [4.78, 5) is 29.2. The zero-order valence-electron chi connectivity index (χ0n) is 15.8. The lowest BCUT2D eigenvalue weighted by Gasteiger charge is -2.25. The van der Waals surface area contributed by atoms with Crippen molar-refractivity contribution in [3.8, 4) is 0 Å². The fourth-order valence-electron chi connectivity index (χ4n) is 3.33. The number of nitrogens with one attached hydrogen (secondary N) is 1. The van der Waals surface area contributed by atoms with E-state index in [0.29, 0.717) is 18.9 Å². The first kappa shape index (κ1) is 20.8. The molecule has 0 saturated carbocycles. The van der Waals surface area contributed by atoms with Crippen molar-refractivity contribution in [1.29, 1.82) is 0 Å². The highest BCUT2D eigenvalue weighted by Gasteiger charge is 2.30. The molecular formula is C20H25N3O3S2. The van der Waals surface area contributed by atoms with Crippen LogP contribution in [0.3, 0.4) is 0 Å². The number of likely N-dealkylation sites (tertiary alicyclic amines) is 1. The number of thioether (sulfide) groups is 1. The number of carboxylic acid groups (broad SMARTS) is 1. The molecule has 0 bridgehead atoms. The summed E-state index contributed by atoms with van der Waals surface area (Å²) < 4.78 is 0.732. The Morgan fingerprint density at radius 1 is 1.43 bits per heavy atom. The summed E-state index contributed by atoms with van der Waals surface area (Å²) in [6.07, 6.45) is 1.49. The van der Waals surface area contributed by atoms with Gasteiger partial charge in [-0.05, 0) is 17.9 Å². The Hall–Kier alpha value is -1.90. The average Bonchev–Trinajstić information content (AvgIpc) is 3.30. The maximum Gasteiger partial charge on any atom is 0.355 e. The van der Waals surface area contributed by atoms with Crippen LogP contribution in [0, 0.1) is 0 Å². The van der Waals surface area contributed by atoms with Crippen LogP contribution in [0.1, 0.15) is 41.7 Å². The van der Waals surface area contributed by atoms with Crippen molar-refractivity contribution >= 4 is 35.0 Å². The van der Waals surface area contributed by atoms with E-state index in [1.165, 1.54) is 28.7 Å². The summed E-state index contributed by atoms with van der Waals surface area (Å²) in [5, 5.41) is 14.0. The van der Waals surface area contributed by atoms with Gasteiger partial charge in [0, 0.05) is 43.2 Å². The molecule has 1 saturated heterocycles. The highest BCUT2D eigenvalue weighted by molar-refractivity contribution is 8.01. The van der Waals surface area contributed by atoms with Gasteiger partial charge in [0.2, 0.25) is 5.91 Å². The smallest absolute Gasteiger partial charge is 0.355 e. The largest absolute Gasteiger partial charge is 0.476 e. The molecule has 0 aliphatic carbocycles. The second-order valence-corrected chi connectivity index (χ2v) is 9.10. The lowest BCUT2D eigenvalue weighted by molar-refractivity contribution is -0.128. The van der Waals surface area contributed by atoms with E-state index >= 15 is 0 Å². The predicted molar refractivity (Wildman–Crippen MR) is 112 cm³/mol. The third kappa shape index (κ3) is 5.56. The first-order chi connectivity index (χ1) is 13.5. The highest BCUT2D eigenvalue weighted by atomic mass is 32.2. The van der Waals surface area contributed by atoms with Gasteiger partial charge in [-0.25, -0.2) is 9.78 Å². The summed E-state index contributed by atoms with van der Waals surface area (Å²) >= 11 is 2.84. The van der Waals surface area contributed by atoms with Gasteiger partial charge in [0.1, 0.15) is 0 Å². The Kier molecular flexibility index (Phi) is 7.47. The van der Waals surface area contributed by atoms with Crippen molar-refractivity contribution in [2.24, 2.45) is 0 Å². The van der Waals surface area contributed by atoms with Gasteiger partial charge in [0.25, 0.3) is 0 Å². The van der Waals surface area contributed by atoms with Crippen LogP contribution in [0.2, 0.25) is 0 Å². The Morgan fingerprint density at radius 3 is 2.93 bits per heavy atom. The number of rotatable bonds is 10. The Morgan fingerprint density at radius 2 is 2.21 bits per heavy atom. The first-order valence-corrected chi connectivity index (χ1v) is 11.3. The van der Waals surface area contributed by atoms with E-state index in [1.54, 1.807) is 5.38 Å². The van der Waals surface area contributed by atoms with Crippen LogP contribution in [-0.4, -0.2) is 58.3 Å². The second kappa shape index (κ2) is 10.0. The number of thiazole rings is 1. The Bertz CT molecular complexity index is 797. The third-order valence-corrected chi connectivity index (χ3v) is 6.91.